The maximum Gasteiger partial charge on any atom is 0.416 e. The number of nitrogens with zero attached hydrogens (tertiary/aromatic N) is 4. The third-order valence-corrected chi connectivity index (χ3v) is 4.34. The zero-order chi connectivity index (χ0) is 18.4. The Bertz CT molecular complexity index is 719. The van der Waals surface area contributed by atoms with Crippen molar-refractivity contribution in [2.24, 2.45) is 7.05 Å². The van der Waals surface area contributed by atoms with Gasteiger partial charge in [-0.2, -0.15) is 13.2 Å². The molecule has 0 aliphatic heterocycles. The van der Waals surface area contributed by atoms with Crippen molar-refractivity contribution >= 4 is 17.8 Å². The lowest BCUT2D eigenvalue weighted by Gasteiger charge is -2.18. The van der Waals surface area contributed by atoms with Crippen molar-refractivity contribution in [1.29, 1.82) is 0 Å². The van der Waals surface area contributed by atoms with Crippen LogP contribution in [-0.4, -0.2) is 45.0 Å². The van der Waals surface area contributed by atoms with Crippen molar-refractivity contribution in [2.75, 3.05) is 19.3 Å². The van der Waals surface area contributed by atoms with Crippen LogP contribution in [0.2, 0.25) is 0 Å². The largest absolute Gasteiger partial charge is 0.416 e. The predicted octanol–water partition coefficient (Wildman–Crippen LogP) is 2.77. The fourth-order valence-electron chi connectivity index (χ4n) is 2.03. The van der Waals surface area contributed by atoms with Gasteiger partial charge in [-0.3, -0.25) is 0 Å². The number of carbonyl (C=O) groups is 1. The van der Waals surface area contributed by atoms with Crippen molar-refractivity contribution in [3.8, 4) is 0 Å². The van der Waals surface area contributed by atoms with E-state index in [1.807, 2.05) is 7.05 Å². The molecular weight excluding hydrogens is 355 g/mol. The van der Waals surface area contributed by atoms with Gasteiger partial charge in [0.1, 0.15) is 6.33 Å². The van der Waals surface area contributed by atoms with E-state index in [9.17, 15) is 18.0 Å². The lowest BCUT2D eigenvalue weighted by molar-refractivity contribution is -0.137. The number of hydrogen-bond donors (Lipinski definition) is 1. The van der Waals surface area contributed by atoms with Crippen molar-refractivity contribution in [2.45, 2.75) is 17.9 Å². The van der Waals surface area contributed by atoms with Crippen LogP contribution < -0.4 is 5.32 Å². The van der Waals surface area contributed by atoms with Gasteiger partial charge >= 0.3 is 12.2 Å². The second-order valence-electron chi connectivity index (χ2n) is 5.36. The molecule has 0 saturated heterocycles. The molecule has 2 rings (SSSR count). The molecule has 2 amide bonds. The van der Waals surface area contributed by atoms with Crippen LogP contribution in [0.25, 0.3) is 0 Å². The van der Waals surface area contributed by atoms with E-state index in [2.05, 4.69) is 15.5 Å². The summed E-state index contributed by atoms with van der Waals surface area (Å²) in [6, 6.07) is 4.60. The zero-order valence-electron chi connectivity index (χ0n) is 13.7. The Kier molecular flexibility index (Phi) is 6.29. The molecule has 136 valence electrons. The summed E-state index contributed by atoms with van der Waals surface area (Å²) < 4.78 is 39.9. The maximum absolute atomic E-state index is 12.7. The normalized spacial score (nSPS) is 11.4. The van der Waals surface area contributed by atoms with E-state index in [1.165, 1.54) is 29.8 Å². The molecule has 0 bridgehead atoms. The van der Waals surface area contributed by atoms with E-state index in [4.69, 9.17) is 0 Å². The highest BCUT2D eigenvalue weighted by Gasteiger charge is 2.30. The van der Waals surface area contributed by atoms with E-state index in [0.29, 0.717) is 17.9 Å². The molecule has 0 atom stereocenters. The molecule has 0 unspecified atom stereocenters. The van der Waals surface area contributed by atoms with Crippen LogP contribution in [-0.2, 0) is 19.8 Å². The van der Waals surface area contributed by atoms with Gasteiger partial charge in [0.05, 0.1) is 5.56 Å². The molecule has 0 radical (unpaired) electrons. The van der Waals surface area contributed by atoms with Crippen molar-refractivity contribution in [1.82, 2.24) is 25.0 Å². The van der Waals surface area contributed by atoms with Gasteiger partial charge in [-0.15, -0.1) is 10.2 Å². The van der Waals surface area contributed by atoms with Crippen LogP contribution >= 0.6 is 11.8 Å². The smallest absolute Gasteiger partial charge is 0.337 e. The van der Waals surface area contributed by atoms with Crippen molar-refractivity contribution in [3.63, 3.8) is 0 Å². The molecule has 0 saturated carbocycles. The molecule has 0 fully saturated rings. The maximum atomic E-state index is 12.7. The molecule has 1 N–H and O–H groups in total. The summed E-state index contributed by atoms with van der Waals surface area (Å²) in [4.78, 5) is 13.3. The number of rotatable bonds is 6. The molecular formula is C15H18F3N5OS. The highest BCUT2D eigenvalue weighted by atomic mass is 32.2. The standard InChI is InChI=1S/C15H18F3N5OS/c1-22(9-11-4-3-5-12(8-11)15(16,17)18)13(24)19-6-7-25-14-21-20-10-23(14)2/h3-5,8,10H,6-7,9H2,1-2H3,(H,19,24). The molecule has 0 spiro atoms. The van der Waals surface area contributed by atoms with Crippen LogP contribution in [0.4, 0.5) is 18.0 Å². The molecule has 6 nitrogen and oxygen atoms in total. The number of amides is 2. The van der Waals surface area contributed by atoms with Gasteiger partial charge in [-0.05, 0) is 17.7 Å². The average molecular weight is 373 g/mol. The molecule has 10 heteroatoms. The first-order chi connectivity index (χ1) is 11.8. The number of alkyl halides is 3. The minimum Gasteiger partial charge on any atom is -0.337 e. The number of nitrogens with one attached hydrogen (secondary N) is 1. The Morgan fingerprint density at radius 3 is 2.80 bits per heavy atom. The van der Waals surface area contributed by atoms with Gasteiger partial charge in [-0.1, -0.05) is 23.9 Å². The minimum atomic E-state index is -4.39. The Morgan fingerprint density at radius 1 is 1.40 bits per heavy atom. The first-order valence-corrected chi connectivity index (χ1v) is 8.38. The van der Waals surface area contributed by atoms with E-state index in [1.54, 1.807) is 17.0 Å². The van der Waals surface area contributed by atoms with Crippen molar-refractivity contribution in [3.05, 3.63) is 41.7 Å². The SMILES string of the molecule is CN(Cc1cccc(C(F)(F)F)c1)C(=O)NCCSc1nncn1C. The van der Waals surface area contributed by atoms with Crippen LogP contribution in [0.1, 0.15) is 11.1 Å². The first kappa shape index (κ1) is 19.1. The van der Waals surface area contributed by atoms with E-state index in [-0.39, 0.29) is 12.6 Å². The number of aryl methyl sites for hydroxylation is 1. The van der Waals surface area contributed by atoms with Gasteiger partial charge in [-0.25, -0.2) is 4.79 Å². The third kappa shape index (κ3) is 5.66. The Hall–Kier alpha value is -2.23. The second-order valence-corrected chi connectivity index (χ2v) is 6.42. The van der Waals surface area contributed by atoms with Crippen LogP contribution in [0, 0.1) is 0 Å². The Balaban J connectivity index is 1.79. The lowest BCUT2D eigenvalue weighted by Crippen LogP contribution is -2.37. The van der Waals surface area contributed by atoms with Gasteiger partial charge in [0.25, 0.3) is 0 Å². The molecule has 0 aliphatic rings. The predicted molar refractivity (Wildman–Crippen MR) is 88.0 cm³/mol. The van der Waals surface area contributed by atoms with Gasteiger partial charge in [0.15, 0.2) is 5.16 Å². The number of carbonyl (C=O) groups excluding carboxylic acids is 1. The molecule has 1 aromatic heterocycles. The zero-order valence-corrected chi connectivity index (χ0v) is 14.6. The number of hydrogen-bond acceptors (Lipinski definition) is 4. The number of aromatic nitrogens is 3. The first-order valence-electron chi connectivity index (χ1n) is 7.39. The number of urea groups is 1. The summed E-state index contributed by atoms with van der Waals surface area (Å²) >= 11 is 1.45. The average Bonchev–Trinajstić information content (AvgIpc) is 2.96. The molecule has 0 aliphatic carbocycles. The fraction of sp³-hybridized carbons (Fsp3) is 0.400. The molecule has 25 heavy (non-hydrogen) atoms. The summed E-state index contributed by atoms with van der Waals surface area (Å²) in [6.45, 7) is 0.496. The van der Waals surface area contributed by atoms with Crippen LogP contribution in [0.15, 0.2) is 35.7 Å². The van der Waals surface area contributed by atoms with Gasteiger partial charge < -0.3 is 14.8 Å². The summed E-state index contributed by atoms with van der Waals surface area (Å²) in [7, 11) is 3.36. The fourth-order valence-corrected chi connectivity index (χ4v) is 2.77. The summed E-state index contributed by atoms with van der Waals surface area (Å²) in [5.74, 6) is 0.607. The second kappa shape index (κ2) is 8.24. The van der Waals surface area contributed by atoms with E-state index < -0.39 is 11.7 Å². The Labute approximate surface area is 147 Å². The molecule has 2 aromatic rings. The van der Waals surface area contributed by atoms with Crippen LogP contribution in [0.3, 0.4) is 0 Å². The van der Waals surface area contributed by atoms with Gasteiger partial charge in [0.2, 0.25) is 0 Å². The lowest BCUT2D eigenvalue weighted by atomic mass is 10.1. The molecule has 1 heterocycles. The summed E-state index contributed by atoms with van der Waals surface area (Å²) in [5.41, 5.74) is -0.306. The Morgan fingerprint density at radius 2 is 2.16 bits per heavy atom. The number of halogens is 3. The van der Waals surface area contributed by atoms with E-state index in [0.717, 1.165) is 17.3 Å². The number of benzene rings is 1. The highest BCUT2D eigenvalue weighted by Crippen LogP contribution is 2.29. The topological polar surface area (TPSA) is 63.1 Å². The highest BCUT2D eigenvalue weighted by molar-refractivity contribution is 7.99. The van der Waals surface area contributed by atoms with Crippen LogP contribution in [0.5, 0.6) is 0 Å². The monoisotopic (exact) mass is 373 g/mol. The van der Waals surface area contributed by atoms with Gasteiger partial charge in [0, 0.05) is 32.9 Å². The van der Waals surface area contributed by atoms with E-state index >= 15 is 0 Å². The molecule has 1 aromatic carbocycles. The number of thioether (sulfide) groups is 1. The minimum absolute atomic E-state index is 0.0895. The summed E-state index contributed by atoms with van der Waals surface area (Å²) in [6.07, 6.45) is -2.81. The third-order valence-electron chi connectivity index (χ3n) is 3.30. The van der Waals surface area contributed by atoms with Crippen molar-refractivity contribution < 1.29 is 18.0 Å². The quantitative estimate of drug-likeness (QED) is 0.625. The summed E-state index contributed by atoms with van der Waals surface area (Å²) in [5, 5.41) is 11.1.